The van der Waals surface area contributed by atoms with Gasteiger partial charge in [-0.2, -0.15) is 4.98 Å². The molecule has 4 rings (SSSR count). The third kappa shape index (κ3) is 4.52. The second-order valence-electron chi connectivity index (χ2n) is 6.29. The summed E-state index contributed by atoms with van der Waals surface area (Å²) in [5, 5.41) is 11.4. The van der Waals surface area contributed by atoms with Crippen molar-refractivity contribution in [3.63, 3.8) is 0 Å². The van der Waals surface area contributed by atoms with Gasteiger partial charge in [-0.25, -0.2) is 4.98 Å². The molecule has 0 aliphatic carbocycles. The second kappa shape index (κ2) is 8.45. The number of anilines is 1. The van der Waals surface area contributed by atoms with Crippen molar-refractivity contribution in [1.82, 2.24) is 15.1 Å². The zero-order chi connectivity index (χ0) is 19.3. The first-order valence-corrected chi connectivity index (χ1v) is 10.6. The molecule has 0 saturated carbocycles. The van der Waals surface area contributed by atoms with E-state index in [1.54, 1.807) is 11.3 Å². The Morgan fingerprint density at radius 2 is 2.00 bits per heavy atom. The summed E-state index contributed by atoms with van der Waals surface area (Å²) in [4.78, 5) is 22.0. The molecule has 0 saturated heterocycles. The molecule has 4 aromatic rings. The van der Waals surface area contributed by atoms with E-state index in [0.717, 1.165) is 16.1 Å². The zero-order valence-corrected chi connectivity index (χ0v) is 16.8. The molecule has 0 aliphatic rings. The Balaban J connectivity index is 1.26. The SMILES string of the molecule is Cc1ccc(-c2csc(NC(=O)CCCc3nc(-c4cccs4)no3)n2)cc1. The highest BCUT2D eigenvalue weighted by Crippen LogP contribution is 2.25. The van der Waals surface area contributed by atoms with Crippen molar-refractivity contribution >= 4 is 33.7 Å². The number of thiazole rings is 1. The first-order chi connectivity index (χ1) is 13.7. The predicted octanol–water partition coefficient (Wildman–Crippen LogP) is 5.19. The van der Waals surface area contributed by atoms with E-state index in [2.05, 4.69) is 20.4 Å². The summed E-state index contributed by atoms with van der Waals surface area (Å²) in [7, 11) is 0. The van der Waals surface area contributed by atoms with Crippen molar-refractivity contribution in [3.8, 4) is 22.0 Å². The van der Waals surface area contributed by atoms with E-state index in [-0.39, 0.29) is 5.91 Å². The number of nitrogens with one attached hydrogen (secondary N) is 1. The molecular formula is C20H18N4O2S2. The monoisotopic (exact) mass is 410 g/mol. The van der Waals surface area contributed by atoms with Crippen LogP contribution in [0.4, 0.5) is 5.13 Å². The van der Waals surface area contributed by atoms with E-state index in [4.69, 9.17) is 4.52 Å². The van der Waals surface area contributed by atoms with Gasteiger partial charge in [0.15, 0.2) is 5.13 Å². The second-order valence-corrected chi connectivity index (χ2v) is 8.10. The highest BCUT2D eigenvalue weighted by atomic mass is 32.1. The van der Waals surface area contributed by atoms with Crippen LogP contribution in [-0.4, -0.2) is 21.0 Å². The van der Waals surface area contributed by atoms with Gasteiger partial charge in [-0.1, -0.05) is 41.1 Å². The molecular weight excluding hydrogens is 392 g/mol. The van der Waals surface area contributed by atoms with Crippen molar-refractivity contribution in [1.29, 1.82) is 0 Å². The highest BCUT2D eigenvalue weighted by molar-refractivity contribution is 7.14. The lowest BCUT2D eigenvalue weighted by Gasteiger charge is -2.00. The van der Waals surface area contributed by atoms with Crippen LogP contribution in [0.2, 0.25) is 0 Å². The van der Waals surface area contributed by atoms with Gasteiger partial charge in [0.25, 0.3) is 0 Å². The number of carbonyl (C=O) groups is 1. The number of hydrogen-bond donors (Lipinski definition) is 1. The predicted molar refractivity (Wildman–Crippen MR) is 111 cm³/mol. The fraction of sp³-hybridized carbons (Fsp3) is 0.200. The van der Waals surface area contributed by atoms with Crippen molar-refractivity contribution in [3.05, 3.63) is 58.6 Å². The van der Waals surface area contributed by atoms with Crippen molar-refractivity contribution in [2.24, 2.45) is 0 Å². The molecule has 1 amide bonds. The Morgan fingerprint density at radius 1 is 1.14 bits per heavy atom. The van der Waals surface area contributed by atoms with Crippen molar-refractivity contribution in [2.45, 2.75) is 26.2 Å². The normalized spacial score (nSPS) is 10.9. The molecule has 0 aliphatic heterocycles. The molecule has 142 valence electrons. The molecule has 6 nitrogen and oxygen atoms in total. The summed E-state index contributed by atoms with van der Waals surface area (Å²) in [5.74, 6) is 1.08. The van der Waals surface area contributed by atoms with Crippen LogP contribution >= 0.6 is 22.7 Å². The van der Waals surface area contributed by atoms with E-state index in [9.17, 15) is 4.79 Å². The molecule has 0 fully saturated rings. The summed E-state index contributed by atoms with van der Waals surface area (Å²) in [6.07, 6.45) is 1.57. The summed E-state index contributed by atoms with van der Waals surface area (Å²) in [6.45, 7) is 2.05. The number of hydrogen-bond acceptors (Lipinski definition) is 7. The van der Waals surface area contributed by atoms with Gasteiger partial charge < -0.3 is 9.84 Å². The molecule has 28 heavy (non-hydrogen) atoms. The van der Waals surface area contributed by atoms with E-state index < -0.39 is 0 Å². The maximum absolute atomic E-state index is 12.2. The zero-order valence-electron chi connectivity index (χ0n) is 15.2. The van der Waals surface area contributed by atoms with Gasteiger partial charge in [0.2, 0.25) is 17.6 Å². The van der Waals surface area contributed by atoms with Crippen molar-refractivity contribution < 1.29 is 9.32 Å². The molecule has 0 radical (unpaired) electrons. The van der Waals surface area contributed by atoms with Gasteiger partial charge in [-0.15, -0.1) is 22.7 Å². The standard InChI is InChI=1S/C20H18N4O2S2/c1-13-7-9-14(10-8-13)15-12-28-20(21-15)22-17(25)5-2-6-18-23-19(24-26-18)16-4-3-11-27-16/h3-4,7-12H,2,5-6H2,1H3,(H,21,22,25). The number of nitrogens with zero attached hydrogens (tertiary/aromatic N) is 3. The Bertz CT molecular complexity index is 1050. The summed E-state index contributed by atoms with van der Waals surface area (Å²) < 4.78 is 5.25. The average Bonchev–Trinajstić information content (AvgIpc) is 3.44. The van der Waals surface area contributed by atoms with E-state index in [0.29, 0.717) is 36.1 Å². The molecule has 3 heterocycles. The van der Waals surface area contributed by atoms with E-state index in [1.165, 1.54) is 16.9 Å². The minimum absolute atomic E-state index is 0.0669. The fourth-order valence-corrected chi connectivity index (χ4v) is 4.02. The quantitative estimate of drug-likeness (QED) is 0.453. The molecule has 0 unspecified atom stereocenters. The minimum atomic E-state index is -0.0669. The number of aromatic nitrogens is 3. The van der Waals surface area contributed by atoms with E-state index in [1.807, 2.05) is 54.1 Å². The fourth-order valence-electron chi connectivity index (χ4n) is 2.63. The smallest absolute Gasteiger partial charge is 0.226 e. The maximum atomic E-state index is 12.2. The largest absolute Gasteiger partial charge is 0.339 e. The van der Waals surface area contributed by atoms with Crippen LogP contribution in [0.1, 0.15) is 24.3 Å². The number of amides is 1. The van der Waals surface area contributed by atoms with Crippen LogP contribution in [0.15, 0.2) is 51.7 Å². The number of carbonyl (C=O) groups excluding carboxylic acids is 1. The Morgan fingerprint density at radius 3 is 2.79 bits per heavy atom. The molecule has 0 atom stereocenters. The number of rotatable bonds is 7. The lowest BCUT2D eigenvalue weighted by molar-refractivity contribution is -0.116. The third-order valence-electron chi connectivity index (χ3n) is 4.10. The van der Waals surface area contributed by atoms with Gasteiger partial charge in [0.1, 0.15) is 0 Å². The molecule has 0 bridgehead atoms. The first-order valence-electron chi connectivity index (χ1n) is 8.86. The third-order valence-corrected chi connectivity index (χ3v) is 5.73. The Hall–Kier alpha value is -2.84. The Labute approximate surface area is 170 Å². The average molecular weight is 411 g/mol. The first kappa shape index (κ1) is 18.5. The van der Waals surface area contributed by atoms with Crippen LogP contribution in [0.5, 0.6) is 0 Å². The van der Waals surface area contributed by atoms with Crippen LogP contribution in [0, 0.1) is 6.92 Å². The van der Waals surface area contributed by atoms with Crippen molar-refractivity contribution in [2.75, 3.05) is 5.32 Å². The highest BCUT2D eigenvalue weighted by Gasteiger charge is 2.11. The van der Waals surface area contributed by atoms with E-state index >= 15 is 0 Å². The Kier molecular flexibility index (Phi) is 5.59. The molecule has 0 spiro atoms. The summed E-state index contributed by atoms with van der Waals surface area (Å²) in [5.41, 5.74) is 3.11. The van der Waals surface area contributed by atoms with Crippen LogP contribution < -0.4 is 5.32 Å². The topological polar surface area (TPSA) is 80.9 Å². The number of aryl methyl sites for hydroxylation is 2. The van der Waals surface area contributed by atoms with Crippen LogP contribution in [0.3, 0.4) is 0 Å². The molecule has 1 aromatic carbocycles. The molecule has 8 heteroatoms. The number of thiophene rings is 1. The number of benzene rings is 1. The van der Waals surface area contributed by atoms with Gasteiger partial charge in [-0.3, -0.25) is 4.79 Å². The van der Waals surface area contributed by atoms with Gasteiger partial charge in [0.05, 0.1) is 10.6 Å². The summed E-state index contributed by atoms with van der Waals surface area (Å²) >= 11 is 2.99. The lowest BCUT2D eigenvalue weighted by Crippen LogP contribution is -2.11. The summed E-state index contributed by atoms with van der Waals surface area (Å²) in [6, 6.07) is 12.1. The minimum Gasteiger partial charge on any atom is -0.339 e. The molecule has 3 aromatic heterocycles. The van der Waals surface area contributed by atoms with Gasteiger partial charge >= 0.3 is 0 Å². The maximum Gasteiger partial charge on any atom is 0.226 e. The van der Waals surface area contributed by atoms with Crippen LogP contribution in [0.25, 0.3) is 22.0 Å². The lowest BCUT2D eigenvalue weighted by atomic mass is 10.1. The van der Waals surface area contributed by atoms with Gasteiger partial charge in [-0.05, 0) is 24.8 Å². The van der Waals surface area contributed by atoms with Gasteiger partial charge in [0, 0.05) is 23.8 Å². The molecule has 1 N–H and O–H groups in total. The van der Waals surface area contributed by atoms with Crippen LogP contribution in [-0.2, 0) is 11.2 Å².